The van der Waals surface area contributed by atoms with Crippen LogP contribution in [0.15, 0.2) is 22.7 Å². The molecule has 21 heavy (non-hydrogen) atoms. The number of nitrogens with zero attached hydrogens (tertiary/aromatic N) is 3. The van der Waals surface area contributed by atoms with E-state index in [4.69, 9.17) is 14.0 Å². The Labute approximate surface area is 123 Å². The van der Waals surface area contributed by atoms with Crippen LogP contribution >= 0.6 is 0 Å². The second kappa shape index (κ2) is 5.73. The SMILES string of the molecule is COc1cccc(CN2CC(c3nc(C)no3)C2)c1OC. The third kappa shape index (κ3) is 2.71. The number of rotatable bonds is 5. The van der Waals surface area contributed by atoms with Crippen molar-refractivity contribution in [1.82, 2.24) is 15.0 Å². The highest BCUT2D eigenvalue weighted by atomic mass is 16.5. The molecule has 0 amide bonds. The molecular weight excluding hydrogens is 270 g/mol. The van der Waals surface area contributed by atoms with Gasteiger partial charge in [0.05, 0.1) is 20.1 Å². The van der Waals surface area contributed by atoms with E-state index in [1.54, 1.807) is 14.2 Å². The highest BCUT2D eigenvalue weighted by Gasteiger charge is 2.32. The predicted molar refractivity (Wildman–Crippen MR) is 76.6 cm³/mol. The maximum atomic E-state index is 5.46. The third-order valence-corrected chi connectivity index (χ3v) is 3.73. The Morgan fingerprint density at radius 1 is 1.29 bits per heavy atom. The number of likely N-dealkylation sites (tertiary alicyclic amines) is 1. The van der Waals surface area contributed by atoms with Crippen LogP contribution in [0, 0.1) is 6.92 Å². The number of hydrogen-bond acceptors (Lipinski definition) is 6. The van der Waals surface area contributed by atoms with Gasteiger partial charge in [-0.05, 0) is 13.0 Å². The zero-order valence-corrected chi connectivity index (χ0v) is 12.5. The van der Waals surface area contributed by atoms with Crippen molar-refractivity contribution >= 4 is 0 Å². The van der Waals surface area contributed by atoms with Gasteiger partial charge in [0.2, 0.25) is 5.89 Å². The summed E-state index contributed by atoms with van der Waals surface area (Å²) in [4.78, 5) is 6.61. The van der Waals surface area contributed by atoms with Crippen LogP contribution < -0.4 is 9.47 Å². The average Bonchev–Trinajstić information content (AvgIpc) is 2.87. The van der Waals surface area contributed by atoms with Crippen molar-refractivity contribution in [1.29, 1.82) is 0 Å². The van der Waals surface area contributed by atoms with E-state index in [1.165, 1.54) is 0 Å². The van der Waals surface area contributed by atoms with Crippen molar-refractivity contribution in [3.05, 3.63) is 35.5 Å². The monoisotopic (exact) mass is 289 g/mol. The summed E-state index contributed by atoms with van der Waals surface area (Å²) in [6.45, 7) is 4.50. The number of aryl methyl sites for hydroxylation is 1. The number of ether oxygens (including phenoxy) is 2. The fourth-order valence-corrected chi connectivity index (χ4v) is 2.65. The van der Waals surface area contributed by atoms with Crippen LogP contribution in [0.1, 0.15) is 23.2 Å². The topological polar surface area (TPSA) is 60.6 Å². The lowest BCUT2D eigenvalue weighted by molar-refractivity contribution is 0.116. The van der Waals surface area contributed by atoms with Gasteiger partial charge < -0.3 is 14.0 Å². The fraction of sp³-hybridized carbons (Fsp3) is 0.467. The van der Waals surface area contributed by atoms with Crippen LogP contribution in [0.4, 0.5) is 0 Å². The molecule has 6 nitrogen and oxygen atoms in total. The minimum atomic E-state index is 0.336. The largest absolute Gasteiger partial charge is 0.493 e. The van der Waals surface area contributed by atoms with Crippen molar-refractivity contribution < 1.29 is 14.0 Å². The summed E-state index contributed by atoms with van der Waals surface area (Å²) in [7, 11) is 3.32. The molecule has 0 N–H and O–H groups in total. The quantitative estimate of drug-likeness (QED) is 0.839. The predicted octanol–water partition coefficient (Wildman–Crippen LogP) is 1.99. The first kappa shape index (κ1) is 13.9. The smallest absolute Gasteiger partial charge is 0.232 e. The Bertz CT molecular complexity index is 620. The first-order chi connectivity index (χ1) is 10.2. The lowest BCUT2D eigenvalue weighted by Crippen LogP contribution is -2.44. The van der Waals surface area contributed by atoms with Crippen LogP contribution in [0.5, 0.6) is 11.5 Å². The molecule has 0 radical (unpaired) electrons. The van der Waals surface area contributed by atoms with E-state index in [0.29, 0.717) is 11.7 Å². The average molecular weight is 289 g/mol. The van der Waals surface area contributed by atoms with Gasteiger partial charge in [-0.25, -0.2) is 0 Å². The molecule has 1 aliphatic rings. The normalized spacial score (nSPS) is 15.8. The molecule has 1 aromatic carbocycles. The Kier molecular flexibility index (Phi) is 3.79. The lowest BCUT2D eigenvalue weighted by Gasteiger charge is -2.37. The Morgan fingerprint density at radius 2 is 2.10 bits per heavy atom. The van der Waals surface area contributed by atoms with Gasteiger partial charge in [0.25, 0.3) is 0 Å². The Hall–Kier alpha value is -2.08. The maximum Gasteiger partial charge on any atom is 0.232 e. The standard InChI is InChI=1S/C15H19N3O3/c1-10-16-15(21-17-10)12-8-18(9-12)7-11-5-4-6-13(19-2)14(11)20-3/h4-6,12H,7-9H2,1-3H3. The second-order valence-corrected chi connectivity index (χ2v) is 5.22. The van der Waals surface area contributed by atoms with Gasteiger partial charge in [0, 0.05) is 25.2 Å². The molecular formula is C15H19N3O3. The summed E-state index contributed by atoms with van der Waals surface area (Å²) in [6.07, 6.45) is 0. The van der Waals surface area contributed by atoms with Gasteiger partial charge >= 0.3 is 0 Å². The molecule has 6 heteroatoms. The molecule has 1 saturated heterocycles. The van der Waals surface area contributed by atoms with Crippen molar-refractivity contribution in [2.75, 3.05) is 27.3 Å². The second-order valence-electron chi connectivity index (χ2n) is 5.22. The molecule has 0 saturated carbocycles. The first-order valence-electron chi connectivity index (χ1n) is 6.93. The van der Waals surface area contributed by atoms with Gasteiger partial charge in [0.15, 0.2) is 17.3 Å². The van der Waals surface area contributed by atoms with E-state index >= 15 is 0 Å². The summed E-state index contributed by atoms with van der Waals surface area (Å²) in [5.41, 5.74) is 1.12. The summed E-state index contributed by atoms with van der Waals surface area (Å²) < 4.78 is 16.0. The summed E-state index contributed by atoms with van der Waals surface area (Å²) in [6, 6.07) is 5.95. The highest BCUT2D eigenvalue weighted by Crippen LogP contribution is 2.34. The fourth-order valence-electron chi connectivity index (χ4n) is 2.65. The van der Waals surface area contributed by atoms with Gasteiger partial charge in [-0.1, -0.05) is 17.3 Å². The van der Waals surface area contributed by atoms with Crippen LogP contribution in [-0.4, -0.2) is 42.3 Å². The van der Waals surface area contributed by atoms with Crippen molar-refractivity contribution in [2.45, 2.75) is 19.4 Å². The van der Waals surface area contributed by atoms with E-state index in [1.807, 2.05) is 19.1 Å². The molecule has 2 heterocycles. The summed E-state index contributed by atoms with van der Waals surface area (Å²) >= 11 is 0. The van der Waals surface area contributed by atoms with Crippen molar-refractivity contribution in [2.24, 2.45) is 0 Å². The lowest BCUT2D eigenvalue weighted by atomic mass is 9.99. The first-order valence-corrected chi connectivity index (χ1v) is 6.93. The molecule has 3 rings (SSSR count). The molecule has 0 aliphatic carbocycles. The minimum Gasteiger partial charge on any atom is -0.493 e. The van der Waals surface area contributed by atoms with Gasteiger partial charge in [-0.3, -0.25) is 4.90 Å². The zero-order chi connectivity index (χ0) is 14.8. The third-order valence-electron chi connectivity index (χ3n) is 3.73. The molecule has 0 spiro atoms. The molecule has 0 bridgehead atoms. The Balaban J connectivity index is 1.64. The number of aromatic nitrogens is 2. The molecule has 112 valence electrons. The van der Waals surface area contributed by atoms with E-state index in [-0.39, 0.29) is 0 Å². The molecule has 1 fully saturated rings. The van der Waals surface area contributed by atoms with E-state index in [0.717, 1.165) is 42.6 Å². The Morgan fingerprint density at radius 3 is 2.71 bits per heavy atom. The van der Waals surface area contributed by atoms with Crippen molar-refractivity contribution in [3.8, 4) is 11.5 Å². The highest BCUT2D eigenvalue weighted by molar-refractivity contribution is 5.46. The van der Waals surface area contributed by atoms with E-state index in [9.17, 15) is 0 Å². The minimum absolute atomic E-state index is 0.336. The van der Waals surface area contributed by atoms with E-state index in [2.05, 4.69) is 21.1 Å². The van der Waals surface area contributed by atoms with Crippen LogP contribution in [0.3, 0.4) is 0 Å². The molecule has 0 unspecified atom stereocenters. The summed E-state index contributed by atoms with van der Waals surface area (Å²) in [5, 5.41) is 3.84. The number of hydrogen-bond donors (Lipinski definition) is 0. The molecule has 1 aliphatic heterocycles. The zero-order valence-electron chi connectivity index (χ0n) is 12.5. The van der Waals surface area contributed by atoms with Crippen LogP contribution in [0.2, 0.25) is 0 Å². The van der Waals surface area contributed by atoms with E-state index < -0.39 is 0 Å². The maximum absolute atomic E-state index is 5.46. The van der Waals surface area contributed by atoms with Crippen LogP contribution in [-0.2, 0) is 6.54 Å². The summed E-state index contributed by atoms with van der Waals surface area (Å²) in [5.74, 6) is 3.33. The molecule has 2 aromatic rings. The van der Waals surface area contributed by atoms with Gasteiger partial charge in [0.1, 0.15) is 0 Å². The van der Waals surface area contributed by atoms with Crippen molar-refractivity contribution in [3.63, 3.8) is 0 Å². The van der Waals surface area contributed by atoms with Gasteiger partial charge in [-0.2, -0.15) is 4.98 Å². The van der Waals surface area contributed by atoms with Crippen LogP contribution in [0.25, 0.3) is 0 Å². The molecule has 0 atom stereocenters. The molecule has 1 aromatic heterocycles. The number of methoxy groups -OCH3 is 2. The van der Waals surface area contributed by atoms with Gasteiger partial charge in [-0.15, -0.1) is 0 Å². The number of para-hydroxylation sites is 1. The number of benzene rings is 1.